The first-order chi connectivity index (χ1) is 7.22. The van der Waals surface area contributed by atoms with Crippen LogP contribution in [-0.2, 0) is 0 Å². The first-order valence-electron chi connectivity index (χ1n) is 4.89. The molecule has 5 heteroatoms. The molecule has 0 amide bonds. The lowest BCUT2D eigenvalue weighted by atomic mass is 10.1. The first kappa shape index (κ1) is 10.1. The van der Waals surface area contributed by atoms with E-state index >= 15 is 0 Å². The molecule has 0 bridgehead atoms. The summed E-state index contributed by atoms with van der Waals surface area (Å²) in [6.45, 7) is 1.98. The maximum atomic E-state index is 8.84. The van der Waals surface area contributed by atoms with Crippen molar-refractivity contribution < 1.29 is 5.11 Å². The molecular weight excluding hydrogens is 192 g/mol. The van der Waals surface area contributed by atoms with Crippen molar-refractivity contribution in [3.63, 3.8) is 0 Å². The number of aliphatic hydroxyl groups is 1. The maximum Gasteiger partial charge on any atom is 0.160 e. The highest BCUT2D eigenvalue weighted by Crippen LogP contribution is 2.16. The van der Waals surface area contributed by atoms with E-state index in [1.165, 1.54) is 0 Å². The van der Waals surface area contributed by atoms with Crippen LogP contribution >= 0.6 is 0 Å². The van der Waals surface area contributed by atoms with E-state index in [0.29, 0.717) is 6.42 Å². The van der Waals surface area contributed by atoms with Gasteiger partial charge in [0, 0.05) is 25.2 Å². The minimum atomic E-state index is -0.263. The summed E-state index contributed by atoms with van der Waals surface area (Å²) >= 11 is 0. The summed E-state index contributed by atoms with van der Waals surface area (Å²) in [5, 5.41) is 8.84. The normalized spacial score (nSPS) is 13.3. The number of hydrogen-bond donors (Lipinski definition) is 2. The summed E-state index contributed by atoms with van der Waals surface area (Å²) in [6, 6.07) is -0.263. The topological polar surface area (TPSA) is 76.4 Å². The van der Waals surface area contributed by atoms with E-state index in [-0.39, 0.29) is 12.6 Å². The van der Waals surface area contributed by atoms with Crippen molar-refractivity contribution in [3.8, 4) is 0 Å². The van der Waals surface area contributed by atoms with E-state index in [0.717, 1.165) is 17.0 Å². The summed E-state index contributed by atoms with van der Waals surface area (Å²) in [7, 11) is 0. The van der Waals surface area contributed by atoms with Crippen molar-refractivity contribution in [1.29, 1.82) is 0 Å². The van der Waals surface area contributed by atoms with Gasteiger partial charge in [-0.1, -0.05) is 0 Å². The first-order valence-corrected chi connectivity index (χ1v) is 4.89. The van der Waals surface area contributed by atoms with Gasteiger partial charge in [-0.15, -0.1) is 0 Å². The Bertz CT molecular complexity index is 465. The van der Waals surface area contributed by atoms with Gasteiger partial charge >= 0.3 is 0 Å². The Morgan fingerprint density at radius 2 is 2.40 bits per heavy atom. The van der Waals surface area contributed by atoms with Gasteiger partial charge in [0.25, 0.3) is 0 Å². The van der Waals surface area contributed by atoms with Gasteiger partial charge in [0.1, 0.15) is 5.69 Å². The molecule has 1 atom stereocenters. The molecule has 0 spiro atoms. The Kier molecular flexibility index (Phi) is 2.66. The SMILES string of the molecule is Cc1cn2ccnc(C(N)CCO)c2n1. The van der Waals surface area contributed by atoms with Crippen molar-refractivity contribution >= 4 is 5.65 Å². The highest BCUT2D eigenvalue weighted by atomic mass is 16.3. The van der Waals surface area contributed by atoms with E-state index < -0.39 is 0 Å². The number of hydrogen-bond acceptors (Lipinski definition) is 4. The second-order valence-electron chi connectivity index (χ2n) is 3.54. The van der Waals surface area contributed by atoms with E-state index in [4.69, 9.17) is 10.8 Å². The standard InChI is InChI=1S/C10H14N4O/c1-7-6-14-4-3-12-9(10(14)13-7)8(11)2-5-15/h3-4,6,8,15H,2,5,11H2,1H3. The fourth-order valence-corrected chi connectivity index (χ4v) is 1.60. The molecule has 0 aliphatic carbocycles. The zero-order chi connectivity index (χ0) is 10.8. The predicted molar refractivity (Wildman–Crippen MR) is 56.4 cm³/mol. The maximum absolute atomic E-state index is 8.84. The quantitative estimate of drug-likeness (QED) is 0.763. The van der Waals surface area contributed by atoms with Crippen LogP contribution in [0.4, 0.5) is 0 Å². The smallest absolute Gasteiger partial charge is 0.160 e. The van der Waals surface area contributed by atoms with Crippen LogP contribution in [0.25, 0.3) is 5.65 Å². The fraction of sp³-hybridized carbons (Fsp3) is 0.400. The average molecular weight is 206 g/mol. The minimum Gasteiger partial charge on any atom is -0.396 e. The highest BCUT2D eigenvalue weighted by molar-refractivity contribution is 5.46. The Morgan fingerprint density at radius 3 is 3.13 bits per heavy atom. The molecule has 0 saturated heterocycles. The minimum absolute atomic E-state index is 0.0591. The second kappa shape index (κ2) is 3.96. The number of aryl methyl sites for hydroxylation is 1. The van der Waals surface area contributed by atoms with Gasteiger partial charge in [0.15, 0.2) is 5.65 Å². The van der Waals surface area contributed by atoms with Gasteiger partial charge in [0.05, 0.1) is 11.7 Å². The van der Waals surface area contributed by atoms with E-state index in [1.54, 1.807) is 6.20 Å². The van der Waals surface area contributed by atoms with Gasteiger partial charge in [-0.3, -0.25) is 4.98 Å². The van der Waals surface area contributed by atoms with Crippen molar-refractivity contribution in [1.82, 2.24) is 14.4 Å². The number of rotatable bonds is 3. The Hall–Kier alpha value is -1.46. The van der Waals surface area contributed by atoms with Gasteiger partial charge < -0.3 is 15.2 Å². The summed E-state index contributed by atoms with van der Waals surface area (Å²) in [6.07, 6.45) is 5.95. The van der Waals surface area contributed by atoms with Crippen molar-refractivity contribution in [3.05, 3.63) is 30.0 Å². The second-order valence-corrected chi connectivity index (χ2v) is 3.54. The number of aliphatic hydroxyl groups excluding tert-OH is 1. The summed E-state index contributed by atoms with van der Waals surface area (Å²) in [5.41, 5.74) is 8.35. The lowest BCUT2D eigenvalue weighted by Crippen LogP contribution is -2.15. The molecule has 2 aromatic heterocycles. The Labute approximate surface area is 87.6 Å². The molecule has 0 saturated carbocycles. The van der Waals surface area contributed by atoms with Gasteiger partial charge in [-0.25, -0.2) is 4.98 Å². The molecule has 3 N–H and O–H groups in total. The highest BCUT2D eigenvalue weighted by Gasteiger charge is 2.12. The van der Waals surface area contributed by atoms with E-state index in [2.05, 4.69) is 9.97 Å². The number of imidazole rings is 1. The third-order valence-electron chi connectivity index (χ3n) is 2.31. The summed E-state index contributed by atoms with van der Waals surface area (Å²) < 4.78 is 1.90. The third-order valence-corrected chi connectivity index (χ3v) is 2.31. The zero-order valence-electron chi connectivity index (χ0n) is 8.59. The van der Waals surface area contributed by atoms with Crippen LogP contribution in [0.3, 0.4) is 0 Å². The largest absolute Gasteiger partial charge is 0.396 e. The van der Waals surface area contributed by atoms with Gasteiger partial charge in [0.2, 0.25) is 0 Å². The number of nitrogens with zero attached hydrogens (tertiary/aromatic N) is 3. The molecule has 0 aliphatic rings. The van der Waals surface area contributed by atoms with E-state index in [9.17, 15) is 0 Å². The third kappa shape index (κ3) is 1.84. The monoisotopic (exact) mass is 206 g/mol. The molecule has 80 valence electrons. The van der Waals surface area contributed by atoms with Crippen LogP contribution in [0, 0.1) is 6.92 Å². The molecule has 15 heavy (non-hydrogen) atoms. The van der Waals surface area contributed by atoms with Crippen LogP contribution in [0.15, 0.2) is 18.6 Å². The van der Waals surface area contributed by atoms with Crippen LogP contribution in [0.1, 0.15) is 23.9 Å². The molecule has 0 radical (unpaired) electrons. The van der Waals surface area contributed by atoms with Crippen LogP contribution < -0.4 is 5.73 Å². The number of nitrogens with two attached hydrogens (primary N) is 1. The molecule has 0 fully saturated rings. The van der Waals surface area contributed by atoms with E-state index in [1.807, 2.05) is 23.7 Å². The lowest BCUT2D eigenvalue weighted by molar-refractivity contribution is 0.276. The van der Waals surface area contributed by atoms with Crippen molar-refractivity contribution in [2.75, 3.05) is 6.61 Å². The zero-order valence-corrected chi connectivity index (χ0v) is 8.59. The fourth-order valence-electron chi connectivity index (χ4n) is 1.60. The Morgan fingerprint density at radius 1 is 1.60 bits per heavy atom. The van der Waals surface area contributed by atoms with Crippen LogP contribution in [0.2, 0.25) is 0 Å². The van der Waals surface area contributed by atoms with Gasteiger partial charge in [-0.05, 0) is 13.3 Å². The molecule has 0 aliphatic heterocycles. The summed E-state index contributed by atoms with van der Waals surface area (Å²) in [4.78, 5) is 8.57. The molecule has 2 heterocycles. The van der Waals surface area contributed by atoms with Crippen molar-refractivity contribution in [2.24, 2.45) is 5.73 Å². The molecular formula is C10H14N4O. The van der Waals surface area contributed by atoms with Crippen LogP contribution in [0.5, 0.6) is 0 Å². The van der Waals surface area contributed by atoms with Gasteiger partial charge in [-0.2, -0.15) is 0 Å². The predicted octanol–water partition coefficient (Wildman–Crippen LogP) is 0.420. The molecule has 2 aromatic rings. The number of fused-ring (bicyclic) bond motifs is 1. The molecule has 2 rings (SSSR count). The Balaban J connectivity index is 2.50. The molecule has 5 nitrogen and oxygen atoms in total. The molecule has 1 unspecified atom stereocenters. The average Bonchev–Trinajstić information content (AvgIpc) is 2.57. The number of aromatic nitrogens is 3. The molecule has 0 aromatic carbocycles. The lowest BCUT2D eigenvalue weighted by Gasteiger charge is -2.09. The van der Waals surface area contributed by atoms with Crippen LogP contribution in [-0.4, -0.2) is 26.1 Å². The van der Waals surface area contributed by atoms with Crippen molar-refractivity contribution in [2.45, 2.75) is 19.4 Å². The summed E-state index contributed by atoms with van der Waals surface area (Å²) in [5.74, 6) is 0.